The van der Waals surface area contributed by atoms with Crippen molar-refractivity contribution in [2.45, 2.75) is 38.6 Å². The van der Waals surface area contributed by atoms with Crippen molar-refractivity contribution in [1.29, 1.82) is 0 Å². The van der Waals surface area contributed by atoms with E-state index in [1.165, 1.54) is 11.1 Å². The van der Waals surface area contributed by atoms with E-state index >= 15 is 0 Å². The third-order valence-electron chi connectivity index (χ3n) is 7.26. The Kier molecular flexibility index (Phi) is 7.19. The summed E-state index contributed by atoms with van der Waals surface area (Å²) in [6.07, 6.45) is 4.11. The second-order valence-corrected chi connectivity index (χ2v) is 9.10. The van der Waals surface area contributed by atoms with Gasteiger partial charge in [-0.25, -0.2) is 0 Å². The van der Waals surface area contributed by atoms with Crippen molar-refractivity contribution >= 4 is 30.7 Å². The van der Waals surface area contributed by atoms with Gasteiger partial charge in [0.25, 0.3) is 11.5 Å². The molecule has 1 N–H and O–H groups in total. The molecule has 3 heterocycles. The fraction of sp³-hybridized carbons (Fsp3) is 0.500. The second kappa shape index (κ2) is 9.35. The molecule has 0 bridgehead atoms. The average molecular weight is 464 g/mol. The summed E-state index contributed by atoms with van der Waals surface area (Å²) in [5.41, 5.74) is 4.95. The van der Waals surface area contributed by atoms with Gasteiger partial charge in [0.15, 0.2) is 0 Å². The molecule has 5 nitrogen and oxygen atoms in total. The van der Waals surface area contributed by atoms with Crippen LogP contribution >= 0.6 is 24.8 Å². The highest BCUT2D eigenvalue weighted by molar-refractivity contribution is 5.94. The van der Waals surface area contributed by atoms with E-state index in [-0.39, 0.29) is 36.3 Å². The quantitative estimate of drug-likeness (QED) is 0.736. The van der Waals surface area contributed by atoms with Gasteiger partial charge in [-0.3, -0.25) is 14.5 Å². The van der Waals surface area contributed by atoms with Crippen LogP contribution in [0.3, 0.4) is 0 Å². The molecule has 0 unspecified atom stereocenters. The van der Waals surface area contributed by atoms with E-state index in [9.17, 15) is 9.59 Å². The predicted molar refractivity (Wildman–Crippen MR) is 128 cm³/mol. The Morgan fingerprint density at radius 3 is 2.58 bits per heavy atom. The first kappa shape index (κ1) is 23.8. The van der Waals surface area contributed by atoms with Gasteiger partial charge in [0.1, 0.15) is 5.56 Å². The van der Waals surface area contributed by atoms with Crippen LogP contribution in [-0.2, 0) is 12.8 Å². The van der Waals surface area contributed by atoms with Gasteiger partial charge < -0.3 is 9.88 Å². The van der Waals surface area contributed by atoms with E-state index in [4.69, 9.17) is 0 Å². The number of benzene rings is 1. The van der Waals surface area contributed by atoms with Gasteiger partial charge in [-0.1, -0.05) is 24.3 Å². The van der Waals surface area contributed by atoms with E-state index in [2.05, 4.69) is 48.1 Å². The lowest BCUT2D eigenvalue weighted by molar-refractivity contribution is 0.0766. The molecule has 7 heteroatoms. The molecule has 3 aliphatic rings. The lowest BCUT2D eigenvalue weighted by Gasteiger charge is -2.28. The Balaban J connectivity index is 0.00000136. The summed E-state index contributed by atoms with van der Waals surface area (Å²) in [6, 6.07) is 10.8. The standard InChI is InChI=1S/C24H29N3O2.2ClH/c1-15-7-3-5-9-18(15)22-20-14-27(13-17(20)12-26(22)2)24(29)19-11-16-8-4-6-10-21(16)25-23(19)28;;/h3,5,7,9,11,17,20,22H,4,6,8,10,12-14H2,1-2H3,(H,25,28);2*1H/t17-,20+,22-;;/m0../s1. The molecule has 1 aliphatic carbocycles. The molecule has 2 fully saturated rings. The number of carbonyl (C=O) groups excluding carboxylic acids is 1. The van der Waals surface area contributed by atoms with Crippen LogP contribution in [0.15, 0.2) is 35.1 Å². The van der Waals surface area contributed by atoms with Crippen molar-refractivity contribution < 1.29 is 4.79 Å². The largest absolute Gasteiger partial charge is 0.338 e. The summed E-state index contributed by atoms with van der Waals surface area (Å²) in [7, 11) is 2.19. The van der Waals surface area contributed by atoms with Gasteiger partial charge in [-0.2, -0.15) is 0 Å². The molecular weight excluding hydrogens is 433 g/mol. The molecular formula is C24H31Cl2N3O2. The van der Waals surface area contributed by atoms with E-state index in [1.807, 2.05) is 11.0 Å². The number of pyridine rings is 1. The third-order valence-corrected chi connectivity index (χ3v) is 7.26. The number of nitrogens with one attached hydrogen (secondary N) is 1. The van der Waals surface area contributed by atoms with Crippen LogP contribution < -0.4 is 5.56 Å². The number of aryl methyl sites for hydroxylation is 3. The van der Waals surface area contributed by atoms with Crippen molar-refractivity contribution in [3.63, 3.8) is 0 Å². The Hall–Kier alpha value is -1.82. The maximum atomic E-state index is 13.3. The minimum atomic E-state index is -0.222. The van der Waals surface area contributed by atoms with E-state index in [1.54, 1.807) is 0 Å². The lowest BCUT2D eigenvalue weighted by Crippen LogP contribution is -2.36. The molecule has 2 aromatic rings. The summed E-state index contributed by atoms with van der Waals surface area (Å²) in [5, 5.41) is 0. The molecule has 1 amide bonds. The minimum Gasteiger partial charge on any atom is -0.338 e. The molecule has 1 aromatic carbocycles. The molecule has 0 radical (unpaired) electrons. The van der Waals surface area contributed by atoms with Crippen molar-refractivity contribution in [3.8, 4) is 0 Å². The zero-order valence-electron chi connectivity index (χ0n) is 18.1. The number of halogens is 2. The predicted octanol–water partition coefficient (Wildman–Crippen LogP) is 3.78. The van der Waals surface area contributed by atoms with Crippen LogP contribution in [0.5, 0.6) is 0 Å². The van der Waals surface area contributed by atoms with Crippen molar-refractivity contribution in [2.75, 3.05) is 26.7 Å². The molecule has 0 spiro atoms. The Morgan fingerprint density at radius 2 is 1.81 bits per heavy atom. The van der Waals surface area contributed by atoms with Crippen LogP contribution in [0.2, 0.25) is 0 Å². The number of H-pyrrole nitrogens is 1. The number of hydrogen-bond donors (Lipinski definition) is 1. The van der Waals surface area contributed by atoms with Crippen LogP contribution in [0, 0.1) is 18.8 Å². The van der Waals surface area contributed by atoms with Crippen LogP contribution in [0.25, 0.3) is 0 Å². The van der Waals surface area contributed by atoms with Gasteiger partial charge >= 0.3 is 0 Å². The SMILES string of the molecule is Cc1ccccc1[C@H]1[C@@H]2CN(C(=O)c3cc4c([nH]c3=O)CCCC4)C[C@@H]2CN1C.Cl.Cl. The Labute approximate surface area is 196 Å². The maximum absolute atomic E-state index is 13.3. The highest BCUT2D eigenvalue weighted by Crippen LogP contribution is 2.45. The first-order chi connectivity index (χ1) is 14.0. The first-order valence-electron chi connectivity index (χ1n) is 10.8. The van der Waals surface area contributed by atoms with Crippen molar-refractivity contribution in [3.05, 3.63) is 68.6 Å². The lowest BCUT2D eigenvalue weighted by atomic mass is 9.88. The molecule has 0 saturated carbocycles. The molecule has 31 heavy (non-hydrogen) atoms. The highest BCUT2D eigenvalue weighted by atomic mass is 35.5. The monoisotopic (exact) mass is 463 g/mol. The third kappa shape index (κ3) is 4.15. The van der Waals surface area contributed by atoms with Gasteiger partial charge in [0.05, 0.1) is 0 Å². The number of fused-ring (bicyclic) bond motifs is 2. The zero-order chi connectivity index (χ0) is 20.1. The number of aromatic nitrogens is 1. The number of hydrogen-bond acceptors (Lipinski definition) is 3. The smallest absolute Gasteiger partial charge is 0.261 e. The molecule has 2 saturated heterocycles. The summed E-state index contributed by atoms with van der Waals surface area (Å²) >= 11 is 0. The number of nitrogens with zero attached hydrogens (tertiary/aromatic N) is 2. The Morgan fingerprint density at radius 1 is 1.06 bits per heavy atom. The maximum Gasteiger partial charge on any atom is 0.261 e. The van der Waals surface area contributed by atoms with E-state index in [0.29, 0.717) is 23.4 Å². The Bertz CT molecular complexity index is 1020. The average Bonchev–Trinajstić information content (AvgIpc) is 3.24. The van der Waals surface area contributed by atoms with Crippen molar-refractivity contribution in [1.82, 2.24) is 14.8 Å². The highest BCUT2D eigenvalue weighted by Gasteiger charge is 2.47. The summed E-state index contributed by atoms with van der Waals surface area (Å²) in [6.45, 7) is 4.63. The minimum absolute atomic E-state index is 0. The molecule has 168 valence electrons. The molecule has 2 aliphatic heterocycles. The van der Waals surface area contributed by atoms with Crippen molar-refractivity contribution in [2.24, 2.45) is 11.8 Å². The number of amides is 1. The van der Waals surface area contributed by atoms with Gasteiger partial charge in [0, 0.05) is 37.3 Å². The fourth-order valence-electron chi connectivity index (χ4n) is 5.81. The molecule has 3 atom stereocenters. The number of carbonyl (C=O) groups is 1. The van der Waals surface area contributed by atoms with Gasteiger partial charge in [-0.05, 0) is 68.3 Å². The van der Waals surface area contributed by atoms with Gasteiger partial charge in [0.2, 0.25) is 0 Å². The molecule has 5 rings (SSSR count). The molecule has 1 aromatic heterocycles. The zero-order valence-corrected chi connectivity index (χ0v) is 19.7. The first-order valence-corrected chi connectivity index (χ1v) is 10.8. The number of aromatic amines is 1. The van der Waals surface area contributed by atoms with Crippen LogP contribution in [-0.4, -0.2) is 47.4 Å². The van der Waals surface area contributed by atoms with Gasteiger partial charge in [-0.15, -0.1) is 24.8 Å². The van der Waals surface area contributed by atoms with E-state index < -0.39 is 0 Å². The second-order valence-electron chi connectivity index (χ2n) is 9.10. The number of rotatable bonds is 2. The fourth-order valence-corrected chi connectivity index (χ4v) is 5.81. The van der Waals surface area contributed by atoms with Crippen LogP contribution in [0.4, 0.5) is 0 Å². The topological polar surface area (TPSA) is 56.4 Å². The summed E-state index contributed by atoms with van der Waals surface area (Å²) in [4.78, 5) is 33.2. The normalized spacial score (nSPS) is 24.7. The summed E-state index contributed by atoms with van der Waals surface area (Å²) in [5.74, 6) is 0.784. The number of likely N-dealkylation sites (tertiary alicyclic amines) is 2. The summed E-state index contributed by atoms with van der Waals surface area (Å²) < 4.78 is 0. The van der Waals surface area contributed by atoms with E-state index in [0.717, 1.165) is 56.6 Å². The van der Waals surface area contributed by atoms with Crippen LogP contribution in [0.1, 0.15) is 51.6 Å².